The van der Waals surface area contributed by atoms with Crippen LogP contribution in [0.2, 0.25) is 0 Å². The molecule has 0 radical (unpaired) electrons. The molecule has 3 N–H and O–H groups in total. The predicted molar refractivity (Wildman–Crippen MR) is 42.0 cm³/mol. The summed E-state index contributed by atoms with van der Waals surface area (Å²) in [6.45, 7) is 5.63. The normalized spacial score (nSPS) is 27.8. The summed E-state index contributed by atoms with van der Waals surface area (Å²) in [6.07, 6.45) is 0.947. The van der Waals surface area contributed by atoms with Crippen molar-refractivity contribution in [2.24, 2.45) is 17.6 Å². The minimum atomic E-state index is -0.919. The highest BCUT2D eigenvalue weighted by molar-refractivity contribution is 5.73. The third kappa shape index (κ3) is 1.60. The number of hydrogen-bond acceptors (Lipinski definition) is 2. The highest BCUT2D eigenvalue weighted by Gasteiger charge is 2.38. The van der Waals surface area contributed by atoms with E-state index in [-0.39, 0.29) is 5.92 Å². The second-order valence-electron chi connectivity index (χ2n) is 3.19. The number of aliphatic carboxylic acids is 1. The number of hydrogen-bond donors (Lipinski definition) is 2. The second-order valence-corrected chi connectivity index (χ2v) is 3.19. The first-order chi connectivity index (χ1) is 5.04. The Morgan fingerprint density at radius 1 is 1.91 bits per heavy atom. The van der Waals surface area contributed by atoms with Crippen LogP contribution in [0.4, 0.5) is 0 Å². The summed E-state index contributed by atoms with van der Waals surface area (Å²) in [5.41, 5.74) is 6.56. The molecule has 2 unspecified atom stereocenters. The third-order valence-corrected chi connectivity index (χ3v) is 2.33. The molecule has 1 fully saturated rings. The molecule has 1 rings (SSSR count). The van der Waals surface area contributed by atoms with Gasteiger partial charge in [-0.15, -0.1) is 0 Å². The fourth-order valence-corrected chi connectivity index (χ4v) is 1.26. The zero-order valence-electron chi connectivity index (χ0n) is 6.58. The van der Waals surface area contributed by atoms with Crippen LogP contribution in [0.5, 0.6) is 0 Å². The molecule has 0 aromatic carbocycles. The van der Waals surface area contributed by atoms with Crippen LogP contribution in [0.25, 0.3) is 0 Å². The molecule has 1 aliphatic rings. The van der Waals surface area contributed by atoms with Crippen molar-refractivity contribution in [1.82, 2.24) is 0 Å². The van der Waals surface area contributed by atoms with Gasteiger partial charge in [0, 0.05) is 0 Å². The molecular formula is C8H13NO2. The quantitative estimate of drug-likeness (QED) is 0.587. The van der Waals surface area contributed by atoms with E-state index in [0.717, 1.165) is 12.0 Å². The van der Waals surface area contributed by atoms with E-state index in [9.17, 15) is 4.79 Å². The minimum absolute atomic E-state index is 0.0278. The van der Waals surface area contributed by atoms with E-state index in [1.54, 1.807) is 0 Å². The Morgan fingerprint density at radius 3 is 2.64 bits per heavy atom. The average Bonchev–Trinajstić information content (AvgIpc) is 2.63. The lowest BCUT2D eigenvalue weighted by molar-refractivity contribution is -0.139. The van der Waals surface area contributed by atoms with Crippen molar-refractivity contribution >= 4 is 5.97 Å². The molecule has 0 saturated heterocycles. The lowest BCUT2D eigenvalue weighted by Gasteiger charge is -2.13. The van der Waals surface area contributed by atoms with Gasteiger partial charge < -0.3 is 10.8 Å². The fraction of sp³-hybridized carbons (Fsp3) is 0.625. The zero-order valence-corrected chi connectivity index (χ0v) is 6.58. The molecule has 0 spiro atoms. The van der Waals surface area contributed by atoms with Crippen LogP contribution in [-0.4, -0.2) is 17.1 Å². The smallest absolute Gasteiger partial charge is 0.320 e. The van der Waals surface area contributed by atoms with Crippen LogP contribution in [0.15, 0.2) is 12.2 Å². The summed E-state index contributed by atoms with van der Waals surface area (Å²) >= 11 is 0. The summed E-state index contributed by atoms with van der Waals surface area (Å²) in [5.74, 6) is -0.543. The summed E-state index contributed by atoms with van der Waals surface area (Å²) in [4.78, 5) is 10.4. The SMILES string of the molecule is C=C1CC1C(C)[C@H](N)C(=O)O. The molecule has 3 heteroatoms. The van der Waals surface area contributed by atoms with E-state index < -0.39 is 12.0 Å². The molecule has 3 atom stereocenters. The maximum Gasteiger partial charge on any atom is 0.320 e. The van der Waals surface area contributed by atoms with E-state index in [2.05, 4.69) is 6.58 Å². The molecule has 11 heavy (non-hydrogen) atoms. The summed E-state index contributed by atoms with van der Waals surface area (Å²) in [5, 5.41) is 8.56. The number of allylic oxidation sites excluding steroid dienone is 1. The van der Waals surface area contributed by atoms with Crippen molar-refractivity contribution in [3.63, 3.8) is 0 Å². The van der Waals surface area contributed by atoms with Crippen molar-refractivity contribution in [3.05, 3.63) is 12.2 Å². The monoisotopic (exact) mass is 155 g/mol. The van der Waals surface area contributed by atoms with Gasteiger partial charge in [-0.3, -0.25) is 4.79 Å². The first-order valence-electron chi connectivity index (χ1n) is 3.70. The topological polar surface area (TPSA) is 63.3 Å². The average molecular weight is 155 g/mol. The molecule has 0 aromatic rings. The van der Waals surface area contributed by atoms with Gasteiger partial charge in [-0.05, 0) is 18.3 Å². The van der Waals surface area contributed by atoms with Crippen LogP contribution in [0.1, 0.15) is 13.3 Å². The largest absolute Gasteiger partial charge is 0.480 e. The molecule has 0 aliphatic heterocycles. The van der Waals surface area contributed by atoms with E-state index in [1.807, 2.05) is 6.92 Å². The molecule has 0 bridgehead atoms. The zero-order chi connectivity index (χ0) is 8.59. The third-order valence-electron chi connectivity index (χ3n) is 2.33. The van der Waals surface area contributed by atoms with Crippen molar-refractivity contribution in [2.75, 3.05) is 0 Å². The van der Waals surface area contributed by atoms with Crippen molar-refractivity contribution in [3.8, 4) is 0 Å². The fourth-order valence-electron chi connectivity index (χ4n) is 1.26. The molecular weight excluding hydrogens is 142 g/mol. The van der Waals surface area contributed by atoms with Crippen molar-refractivity contribution in [1.29, 1.82) is 0 Å². The van der Waals surface area contributed by atoms with E-state index in [0.29, 0.717) is 5.92 Å². The van der Waals surface area contributed by atoms with Gasteiger partial charge in [-0.25, -0.2) is 0 Å². The van der Waals surface area contributed by atoms with Crippen molar-refractivity contribution in [2.45, 2.75) is 19.4 Å². The van der Waals surface area contributed by atoms with E-state index >= 15 is 0 Å². The van der Waals surface area contributed by atoms with Gasteiger partial charge in [-0.2, -0.15) is 0 Å². The van der Waals surface area contributed by atoms with Crippen LogP contribution in [0, 0.1) is 11.8 Å². The predicted octanol–water partition coefficient (Wildman–Crippen LogP) is 0.611. The number of carboxylic acid groups (broad SMARTS) is 1. The highest BCUT2D eigenvalue weighted by atomic mass is 16.4. The lowest BCUT2D eigenvalue weighted by Crippen LogP contribution is -2.37. The number of carbonyl (C=O) groups is 1. The Bertz CT molecular complexity index is 200. The molecule has 0 amide bonds. The van der Waals surface area contributed by atoms with Crippen LogP contribution >= 0.6 is 0 Å². The Labute approximate surface area is 65.9 Å². The standard InChI is InChI=1S/C8H13NO2/c1-4-3-6(4)5(2)7(9)8(10)11/h5-7H,1,3,9H2,2H3,(H,10,11)/t5?,6?,7-/m0/s1. The van der Waals surface area contributed by atoms with Crippen molar-refractivity contribution < 1.29 is 9.90 Å². The van der Waals surface area contributed by atoms with Gasteiger partial charge in [0.05, 0.1) is 0 Å². The molecule has 1 aliphatic carbocycles. The van der Waals surface area contributed by atoms with Gasteiger partial charge in [0.25, 0.3) is 0 Å². The molecule has 0 heterocycles. The molecule has 1 saturated carbocycles. The first-order valence-corrected chi connectivity index (χ1v) is 3.70. The number of carboxylic acids is 1. The van der Waals surface area contributed by atoms with Crippen LogP contribution in [0.3, 0.4) is 0 Å². The molecule has 0 aromatic heterocycles. The van der Waals surface area contributed by atoms with E-state index in [1.165, 1.54) is 0 Å². The van der Waals surface area contributed by atoms with Crippen LogP contribution < -0.4 is 5.73 Å². The maximum absolute atomic E-state index is 10.4. The summed E-state index contributed by atoms with van der Waals surface area (Å²) < 4.78 is 0. The Hall–Kier alpha value is -0.830. The van der Waals surface area contributed by atoms with Gasteiger partial charge in [0.2, 0.25) is 0 Å². The van der Waals surface area contributed by atoms with Gasteiger partial charge in [-0.1, -0.05) is 19.1 Å². The van der Waals surface area contributed by atoms with Gasteiger partial charge >= 0.3 is 5.97 Å². The van der Waals surface area contributed by atoms with Gasteiger partial charge in [0.15, 0.2) is 0 Å². The summed E-state index contributed by atoms with van der Waals surface area (Å²) in [7, 11) is 0. The first kappa shape index (κ1) is 8.27. The second kappa shape index (κ2) is 2.66. The highest BCUT2D eigenvalue weighted by Crippen LogP contribution is 2.42. The number of nitrogens with two attached hydrogens (primary N) is 1. The van der Waals surface area contributed by atoms with E-state index in [4.69, 9.17) is 10.8 Å². The van der Waals surface area contributed by atoms with Gasteiger partial charge in [0.1, 0.15) is 6.04 Å². The molecule has 62 valence electrons. The molecule has 3 nitrogen and oxygen atoms in total. The minimum Gasteiger partial charge on any atom is -0.480 e. The van der Waals surface area contributed by atoms with Crippen LogP contribution in [-0.2, 0) is 4.79 Å². The Kier molecular flexibility index (Phi) is 2.00. The lowest BCUT2D eigenvalue weighted by atomic mass is 9.97. The Morgan fingerprint density at radius 2 is 2.36 bits per heavy atom. The number of rotatable bonds is 3. The Balaban J connectivity index is 2.47. The summed E-state index contributed by atoms with van der Waals surface area (Å²) in [6, 6.07) is -0.737. The maximum atomic E-state index is 10.4.